The van der Waals surface area contributed by atoms with E-state index in [1.165, 1.54) is 0 Å². The van der Waals surface area contributed by atoms with Crippen LogP contribution in [0.5, 0.6) is 0 Å². The van der Waals surface area contributed by atoms with E-state index in [1.54, 1.807) is 7.11 Å². The van der Waals surface area contributed by atoms with E-state index < -0.39 is 6.10 Å². The third-order valence-corrected chi connectivity index (χ3v) is 5.34. The number of piperazine rings is 1. The summed E-state index contributed by atoms with van der Waals surface area (Å²) in [6, 6.07) is -0.276. The monoisotopic (exact) mass is 349 g/mol. The number of hydrazone groups is 2. The SMILES string of the molecule is C=CC1CC(COC)N(N=C)C(C(O)C2CN(C=C)CCN2N=C)C1. The summed E-state index contributed by atoms with van der Waals surface area (Å²) in [5.74, 6) is 0.307. The van der Waals surface area contributed by atoms with Crippen LogP contribution in [-0.2, 0) is 4.74 Å². The van der Waals surface area contributed by atoms with Crippen molar-refractivity contribution in [3.8, 4) is 0 Å². The van der Waals surface area contributed by atoms with E-state index in [0.717, 1.165) is 19.4 Å². The van der Waals surface area contributed by atoms with Gasteiger partial charge in [0, 0.05) is 33.6 Å². The third kappa shape index (κ3) is 4.22. The normalized spacial score (nSPS) is 31.4. The highest BCUT2D eigenvalue weighted by Crippen LogP contribution is 2.33. The number of hydrogen-bond donors (Lipinski definition) is 1. The molecule has 2 rings (SSSR count). The average molecular weight is 349 g/mol. The van der Waals surface area contributed by atoms with Crippen molar-refractivity contribution in [2.24, 2.45) is 16.1 Å². The summed E-state index contributed by atoms with van der Waals surface area (Å²) in [7, 11) is 1.68. The van der Waals surface area contributed by atoms with E-state index in [2.05, 4.69) is 41.7 Å². The molecule has 0 aromatic heterocycles. The molecule has 0 aliphatic carbocycles. The molecule has 140 valence electrons. The number of piperidine rings is 1. The van der Waals surface area contributed by atoms with Crippen LogP contribution < -0.4 is 0 Å². The maximum atomic E-state index is 11.2. The highest BCUT2D eigenvalue weighted by Gasteiger charge is 2.43. The second-order valence-corrected chi connectivity index (χ2v) is 6.71. The van der Waals surface area contributed by atoms with Gasteiger partial charge in [-0.2, -0.15) is 10.2 Å². The van der Waals surface area contributed by atoms with E-state index in [1.807, 2.05) is 22.3 Å². The Morgan fingerprint density at radius 1 is 1.20 bits per heavy atom. The van der Waals surface area contributed by atoms with Gasteiger partial charge in [0.05, 0.1) is 37.4 Å². The molecule has 7 nitrogen and oxygen atoms in total. The summed E-state index contributed by atoms with van der Waals surface area (Å²) in [5, 5.41) is 23.3. The van der Waals surface area contributed by atoms with Crippen molar-refractivity contribution in [3.05, 3.63) is 25.4 Å². The van der Waals surface area contributed by atoms with Crippen molar-refractivity contribution in [1.29, 1.82) is 0 Å². The number of aliphatic hydroxyl groups excluding tert-OH is 1. The minimum Gasteiger partial charge on any atom is -0.389 e. The molecule has 2 aliphatic heterocycles. The first kappa shape index (κ1) is 19.5. The first-order chi connectivity index (χ1) is 12.1. The van der Waals surface area contributed by atoms with Gasteiger partial charge in [0.15, 0.2) is 0 Å². The van der Waals surface area contributed by atoms with E-state index in [9.17, 15) is 5.11 Å². The predicted molar refractivity (Wildman–Crippen MR) is 102 cm³/mol. The molecule has 0 aromatic rings. The molecule has 5 unspecified atom stereocenters. The van der Waals surface area contributed by atoms with Gasteiger partial charge in [0.2, 0.25) is 0 Å². The molecule has 0 bridgehead atoms. The first-order valence-corrected chi connectivity index (χ1v) is 8.74. The Morgan fingerprint density at radius 2 is 1.96 bits per heavy atom. The molecule has 1 N–H and O–H groups in total. The Kier molecular flexibility index (Phi) is 7.01. The molecule has 25 heavy (non-hydrogen) atoms. The highest BCUT2D eigenvalue weighted by atomic mass is 16.5. The molecule has 5 atom stereocenters. The Bertz CT molecular complexity index is 486. The van der Waals surface area contributed by atoms with E-state index >= 15 is 0 Å². The van der Waals surface area contributed by atoms with Crippen LogP contribution in [0.3, 0.4) is 0 Å². The minimum absolute atomic E-state index is 0.0724. The number of ether oxygens (including phenoxy) is 1. The Labute approximate surface area is 150 Å². The van der Waals surface area contributed by atoms with Gasteiger partial charge in [0.25, 0.3) is 0 Å². The molecule has 0 radical (unpaired) electrons. The fourth-order valence-electron chi connectivity index (χ4n) is 3.99. The van der Waals surface area contributed by atoms with Crippen molar-refractivity contribution in [3.63, 3.8) is 0 Å². The van der Waals surface area contributed by atoms with E-state index in [0.29, 0.717) is 25.6 Å². The lowest BCUT2D eigenvalue weighted by molar-refractivity contribution is -0.0789. The standard InChI is InChI=1S/C18H31N5O2/c1-6-14-10-15(13-25-5)23(20-4)16(11-14)18(24)17-12-21(7-2)8-9-22(17)19-3/h6-7,14-18,24H,1-4,8-13H2,5H3. The van der Waals surface area contributed by atoms with Gasteiger partial charge < -0.3 is 14.7 Å². The quantitative estimate of drug-likeness (QED) is 0.523. The zero-order valence-corrected chi connectivity index (χ0v) is 15.2. The lowest BCUT2D eigenvalue weighted by Crippen LogP contribution is -2.62. The number of nitrogens with zero attached hydrogens (tertiary/aromatic N) is 5. The van der Waals surface area contributed by atoms with Crippen LogP contribution in [0.15, 0.2) is 35.6 Å². The van der Waals surface area contributed by atoms with Crippen LogP contribution in [0.2, 0.25) is 0 Å². The summed E-state index contributed by atoms with van der Waals surface area (Å²) < 4.78 is 5.35. The summed E-state index contributed by atoms with van der Waals surface area (Å²) in [6.45, 7) is 17.9. The van der Waals surface area contributed by atoms with Gasteiger partial charge in [-0.25, -0.2) is 0 Å². The summed E-state index contributed by atoms with van der Waals surface area (Å²) >= 11 is 0. The Balaban J connectivity index is 2.23. The smallest absolute Gasteiger partial charge is 0.0997 e. The van der Waals surface area contributed by atoms with Crippen LogP contribution in [0.1, 0.15) is 12.8 Å². The maximum absolute atomic E-state index is 11.2. The molecular formula is C18H31N5O2. The van der Waals surface area contributed by atoms with Crippen LogP contribution in [0, 0.1) is 5.92 Å². The number of methoxy groups -OCH3 is 1. The Hall–Kier alpha value is -1.86. The molecule has 0 saturated carbocycles. The third-order valence-electron chi connectivity index (χ3n) is 5.34. The summed E-state index contributed by atoms with van der Waals surface area (Å²) in [4.78, 5) is 2.10. The summed E-state index contributed by atoms with van der Waals surface area (Å²) in [5.41, 5.74) is 0. The van der Waals surface area contributed by atoms with Crippen LogP contribution in [0.4, 0.5) is 0 Å². The predicted octanol–water partition coefficient (Wildman–Crippen LogP) is 0.990. The topological polar surface area (TPSA) is 63.9 Å². The molecule has 7 heteroatoms. The second kappa shape index (κ2) is 9.01. The number of aliphatic hydroxyl groups is 1. The summed E-state index contributed by atoms with van der Waals surface area (Å²) in [6.07, 6.45) is 4.79. The molecule has 2 heterocycles. The Morgan fingerprint density at radius 3 is 2.52 bits per heavy atom. The van der Waals surface area contributed by atoms with Crippen LogP contribution in [0.25, 0.3) is 0 Å². The largest absolute Gasteiger partial charge is 0.389 e. The van der Waals surface area contributed by atoms with Gasteiger partial charge in [-0.15, -0.1) is 6.58 Å². The van der Waals surface area contributed by atoms with Gasteiger partial charge in [-0.1, -0.05) is 12.7 Å². The molecular weight excluding hydrogens is 318 g/mol. The van der Waals surface area contributed by atoms with Crippen molar-refractivity contribution < 1.29 is 9.84 Å². The molecule has 0 amide bonds. The zero-order valence-electron chi connectivity index (χ0n) is 15.2. The van der Waals surface area contributed by atoms with Gasteiger partial charge in [0.1, 0.15) is 0 Å². The maximum Gasteiger partial charge on any atom is 0.0997 e. The average Bonchev–Trinajstić information content (AvgIpc) is 2.66. The number of rotatable bonds is 8. The molecule has 0 spiro atoms. The lowest BCUT2D eigenvalue weighted by atomic mass is 9.83. The number of allylic oxidation sites excluding steroid dienone is 1. The lowest BCUT2D eigenvalue weighted by Gasteiger charge is -2.49. The van der Waals surface area contributed by atoms with Gasteiger partial charge in [-0.3, -0.25) is 10.0 Å². The van der Waals surface area contributed by atoms with Crippen LogP contribution >= 0.6 is 0 Å². The molecule has 2 saturated heterocycles. The zero-order chi connectivity index (χ0) is 18.4. The molecule has 2 fully saturated rings. The second-order valence-electron chi connectivity index (χ2n) is 6.71. The van der Waals surface area contributed by atoms with Crippen molar-refractivity contribution >= 4 is 13.4 Å². The minimum atomic E-state index is -0.652. The highest BCUT2D eigenvalue weighted by molar-refractivity contribution is 5.24. The fraction of sp³-hybridized carbons (Fsp3) is 0.667. The van der Waals surface area contributed by atoms with Crippen LogP contribution in [-0.4, -0.2) is 91.0 Å². The first-order valence-electron chi connectivity index (χ1n) is 8.74. The van der Waals surface area contributed by atoms with Gasteiger partial charge in [-0.05, 0) is 25.0 Å². The van der Waals surface area contributed by atoms with Gasteiger partial charge >= 0.3 is 0 Å². The van der Waals surface area contributed by atoms with Crippen molar-refractivity contribution in [1.82, 2.24) is 14.9 Å². The fourth-order valence-corrected chi connectivity index (χ4v) is 3.99. The van der Waals surface area contributed by atoms with Crippen molar-refractivity contribution in [2.45, 2.75) is 37.1 Å². The van der Waals surface area contributed by atoms with Crippen molar-refractivity contribution in [2.75, 3.05) is 33.4 Å². The number of hydrogen-bond acceptors (Lipinski definition) is 7. The molecule has 0 aromatic carbocycles. The molecule has 2 aliphatic rings. The van der Waals surface area contributed by atoms with E-state index in [4.69, 9.17) is 4.74 Å². The van der Waals surface area contributed by atoms with E-state index in [-0.39, 0.29) is 18.1 Å².